The molecule has 0 atom stereocenters. The predicted octanol–water partition coefficient (Wildman–Crippen LogP) is -0.767. The number of amides is 1. The molecule has 3 heterocycles. The Labute approximate surface area is 141 Å². The third-order valence-electron chi connectivity index (χ3n) is 4.48. The van der Waals surface area contributed by atoms with Gasteiger partial charge in [-0.3, -0.25) is 4.79 Å². The average Bonchev–Trinajstić information content (AvgIpc) is 3.01. The van der Waals surface area contributed by atoms with Crippen LogP contribution in [0.4, 0.5) is 0 Å². The normalized spacial score (nSPS) is 22.0. The smallest absolute Gasteiger partial charge is 0.292 e. The van der Waals surface area contributed by atoms with Crippen molar-refractivity contribution in [2.75, 3.05) is 59.4 Å². The molecule has 10 heteroatoms. The van der Waals surface area contributed by atoms with Gasteiger partial charge in [0.2, 0.25) is 5.76 Å². The van der Waals surface area contributed by atoms with Crippen LogP contribution in [0.5, 0.6) is 0 Å². The molecule has 2 saturated heterocycles. The number of hydrogen-bond acceptors (Lipinski definition) is 6. The monoisotopic (exact) mass is 357 g/mol. The van der Waals surface area contributed by atoms with Crippen molar-refractivity contribution in [1.29, 1.82) is 0 Å². The predicted molar refractivity (Wildman–Crippen MR) is 86.7 cm³/mol. The standard InChI is InChI=1S/C14H23N5O4S/c1-12-11-13(23-15-12)14(20)17-5-9-19(10-6-17)24(21,22)18-7-3-16(2)4-8-18/h11H,3-10H2,1-2H3. The van der Waals surface area contributed by atoms with E-state index in [0.717, 1.165) is 13.1 Å². The summed E-state index contributed by atoms with van der Waals surface area (Å²) in [5.41, 5.74) is 0.648. The van der Waals surface area contributed by atoms with Gasteiger partial charge in [-0.2, -0.15) is 17.0 Å². The van der Waals surface area contributed by atoms with E-state index in [1.54, 1.807) is 17.9 Å². The molecule has 3 rings (SSSR count). The minimum Gasteiger partial charge on any atom is -0.351 e. The number of carbonyl (C=O) groups excluding carboxylic acids is 1. The zero-order chi connectivity index (χ0) is 17.3. The number of rotatable bonds is 3. The van der Waals surface area contributed by atoms with Gasteiger partial charge in [0, 0.05) is 58.4 Å². The summed E-state index contributed by atoms with van der Waals surface area (Å²) in [5, 5.41) is 3.71. The summed E-state index contributed by atoms with van der Waals surface area (Å²) in [6, 6.07) is 1.59. The van der Waals surface area contributed by atoms with E-state index in [1.807, 2.05) is 7.05 Å². The van der Waals surface area contributed by atoms with E-state index in [0.29, 0.717) is 45.0 Å². The molecule has 0 N–H and O–H groups in total. The molecule has 0 spiro atoms. The second-order valence-corrected chi connectivity index (χ2v) is 8.16. The van der Waals surface area contributed by atoms with Gasteiger partial charge in [0.15, 0.2) is 0 Å². The van der Waals surface area contributed by atoms with Crippen LogP contribution in [0.25, 0.3) is 0 Å². The van der Waals surface area contributed by atoms with Crippen LogP contribution in [0.2, 0.25) is 0 Å². The maximum Gasteiger partial charge on any atom is 0.292 e. The summed E-state index contributed by atoms with van der Waals surface area (Å²) >= 11 is 0. The molecular formula is C14H23N5O4S. The molecule has 0 saturated carbocycles. The zero-order valence-corrected chi connectivity index (χ0v) is 14.8. The summed E-state index contributed by atoms with van der Waals surface area (Å²) in [6.07, 6.45) is 0. The minimum atomic E-state index is -3.45. The van der Waals surface area contributed by atoms with Crippen molar-refractivity contribution >= 4 is 16.1 Å². The van der Waals surface area contributed by atoms with Crippen molar-refractivity contribution in [3.63, 3.8) is 0 Å². The topological polar surface area (TPSA) is 90.2 Å². The average molecular weight is 357 g/mol. The Hall–Kier alpha value is -1.49. The summed E-state index contributed by atoms with van der Waals surface area (Å²) in [4.78, 5) is 16.0. The summed E-state index contributed by atoms with van der Waals surface area (Å²) in [7, 11) is -1.47. The minimum absolute atomic E-state index is 0.197. The number of aryl methyl sites for hydroxylation is 1. The fourth-order valence-corrected chi connectivity index (χ4v) is 4.50. The van der Waals surface area contributed by atoms with Crippen LogP contribution in [0.15, 0.2) is 10.6 Å². The first kappa shape index (κ1) is 17.3. The maximum atomic E-state index is 12.7. The first-order valence-corrected chi connectivity index (χ1v) is 9.44. The lowest BCUT2D eigenvalue weighted by Crippen LogP contribution is -2.57. The van der Waals surface area contributed by atoms with Gasteiger partial charge >= 0.3 is 0 Å². The molecule has 0 radical (unpaired) electrons. The van der Waals surface area contributed by atoms with Gasteiger partial charge in [-0.1, -0.05) is 5.16 Å². The summed E-state index contributed by atoms with van der Waals surface area (Å²) in [6.45, 7) is 5.55. The molecular weight excluding hydrogens is 334 g/mol. The third-order valence-corrected chi connectivity index (χ3v) is 6.51. The van der Waals surface area contributed by atoms with Crippen LogP contribution < -0.4 is 0 Å². The number of hydrogen-bond donors (Lipinski definition) is 0. The Kier molecular flexibility index (Phi) is 4.90. The molecule has 0 aliphatic carbocycles. The quantitative estimate of drug-likeness (QED) is 0.706. The summed E-state index contributed by atoms with van der Waals surface area (Å²) < 4.78 is 33.4. The van der Waals surface area contributed by atoms with Crippen molar-refractivity contribution in [3.05, 3.63) is 17.5 Å². The van der Waals surface area contributed by atoms with Crippen molar-refractivity contribution < 1.29 is 17.7 Å². The Morgan fingerprint density at radius 3 is 2.08 bits per heavy atom. The second-order valence-electron chi connectivity index (χ2n) is 6.23. The molecule has 24 heavy (non-hydrogen) atoms. The van der Waals surface area contributed by atoms with Crippen molar-refractivity contribution in [3.8, 4) is 0 Å². The SMILES string of the molecule is Cc1cc(C(=O)N2CCN(S(=O)(=O)N3CCN(C)CC3)CC2)on1. The molecule has 0 aromatic carbocycles. The fourth-order valence-electron chi connectivity index (χ4n) is 2.92. The molecule has 134 valence electrons. The first-order valence-electron chi connectivity index (χ1n) is 8.04. The lowest BCUT2D eigenvalue weighted by molar-refractivity contribution is 0.0651. The lowest BCUT2D eigenvalue weighted by atomic mass is 10.3. The van der Waals surface area contributed by atoms with Gasteiger partial charge in [-0.25, -0.2) is 0 Å². The molecule has 0 bridgehead atoms. The highest BCUT2D eigenvalue weighted by Gasteiger charge is 2.35. The van der Waals surface area contributed by atoms with E-state index in [9.17, 15) is 13.2 Å². The van der Waals surface area contributed by atoms with Gasteiger partial charge < -0.3 is 14.3 Å². The second kappa shape index (κ2) is 6.79. The molecule has 1 amide bonds. The van der Waals surface area contributed by atoms with Gasteiger partial charge in [0.05, 0.1) is 5.69 Å². The molecule has 1 aromatic rings. The number of aromatic nitrogens is 1. The molecule has 9 nitrogen and oxygen atoms in total. The fraction of sp³-hybridized carbons (Fsp3) is 0.714. The van der Waals surface area contributed by atoms with E-state index in [1.165, 1.54) is 8.61 Å². The van der Waals surface area contributed by atoms with E-state index < -0.39 is 10.2 Å². The van der Waals surface area contributed by atoms with Crippen LogP contribution in [0.3, 0.4) is 0 Å². The van der Waals surface area contributed by atoms with E-state index in [4.69, 9.17) is 4.52 Å². The van der Waals surface area contributed by atoms with E-state index in [2.05, 4.69) is 10.1 Å². The Balaban J connectivity index is 1.59. The highest BCUT2D eigenvalue weighted by atomic mass is 32.2. The van der Waals surface area contributed by atoms with Crippen LogP contribution in [-0.4, -0.2) is 97.3 Å². The van der Waals surface area contributed by atoms with Crippen LogP contribution in [-0.2, 0) is 10.2 Å². The third kappa shape index (κ3) is 3.46. The van der Waals surface area contributed by atoms with Crippen molar-refractivity contribution in [2.24, 2.45) is 0 Å². The largest absolute Gasteiger partial charge is 0.351 e. The number of likely N-dealkylation sites (N-methyl/N-ethyl adjacent to an activating group) is 1. The zero-order valence-electron chi connectivity index (χ0n) is 14.0. The molecule has 2 aliphatic heterocycles. The number of nitrogens with zero attached hydrogens (tertiary/aromatic N) is 5. The molecule has 2 fully saturated rings. The lowest BCUT2D eigenvalue weighted by Gasteiger charge is -2.38. The van der Waals surface area contributed by atoms with Gasteiger partial charge in [-0.15, -0.1) is 0 Å². The molecule has 0 unspecified atom stereocenters. The first-order chi connectivity index (χ1) is 11.4. The van der Waals surface area contributed by atoms with Gasteiger partial charge in [0.1, 0.15) is 0 Å². The van der Waals surface area contributed by atoms with Crippen LogP contribution in [0.1, 0.15) is 16.2 Å². The van der Waals surface area contributed by atoms with E-state index in [-0.39, 0.29) is 11.7 Å². The van der Waals surface area contributed by atoms with E-state index >= 15 is 0 Å². The number of piperazine rings is 2. The van der Waals surface area contributed by atoms with Gasteiger partial charge in [0.25, 0.3) is 16.1 Å². The highest BCUT2D eigenvalue weighted by Crippen LogP contribution is 2.16. The van der Waals surface area contributed by atoms with Gasteiger partial charge in [-0.05, 0) is 14.0 Å². The Morgan fingerprint density at radius 1 is 1.04 bits per heavy atom. The summed E-state index contributed by atoms with van der Waals surface area (Å²) in [5.74, 6) is -0.0462. The number of carbonyl (C=O) groups is 1. The Morgan fingerprint density at radius 2 is 1.58 bits per heavy atom. The van der Waals surface area contributed by atoms with Crippen molar-refractivity contribution in [1.82, 2.24) is 23.6 Å². The molecule has 2 aliphatic rings. The molecule has 1 aromatic heterocycles. The highest BCUT2D eigenvalue weighted by molar-refractivity contribution is 7.86. The Bertz CT molecular complexity index is 688. The van der Waals surface area contributed by atoms with Crippen LogP contribution >= 0.6 is 0 Å². The van der Waals surface area contributed by atoms with Crippen LogP contribution in [0, 0.1) is 6.92 Å². The maximum absolute atomic E-state index is 12.7. The van der Waals surface area contributed by atoms with Crippen molar-refractivity contribution in [2.45, 2.75) is 6.92 Å².